The molecule has 1 aromatic heterocycles. The van der Waals surface area contributed by atoms with Crippen molar-refractivity contribution in [2.45, 2.75) is 39.0 Å². The third-order valence-corrected chi connectivity index (χ3v) is 4.75. The van der Waals surface area contributed by atoms with Gasteiger partial charge in [-0.15, -0.1) is 10.2 Å². The highest BCUT2D eigenvalue weighted by molar-refractivity contribution is 7.15. The van der Waals surface area contributed by atoms with Gasteiger partial charge in [-0.05, 0) is 12.5 Å². The van der Waals surface area contributed by atoms with Crippen LogP contribution in [-0.2, 0) is 11.2 Å². The van der Waals surface area contributed by atoms with Crippen LogP contribution in [0.3, 0.4) is 0 Å². The smallest absolute Gasteiger partial charge is 0.230 e. The first-order valence-corrected chi connectivity index (χ1v) is 8.73. The van der Waals surface area contributed by atoms with E-state index in [4.69, 9.17) is 9.47 Å². The van der Waals surface area contributed by atoms with E-state index in [1.807, 2.05) is 6.07 Å². The van der Waals surface area contributed by atoms with Crippen molar-refractivity contribution in [2.75, 3.05) is 19.5 Å². The molecular formula is C17H23N3O3S. The Kier molecular flexibility index (Phi) is 6.54. The number of carbonyl (C=O) groups is 1. The lowest BCUT2D eigenvalue weighted by atomic mass is 10.1. The molecule has 2 rings (SSSR count). The van der Waals surface area contributed by atoms with Gasteiger partial charge in [-0.2, -0.15) is 0 Å². The molecule has 1 N–H and O–H groups in total. The molecule has 0 unspecified atom stereocenters. The molecule has 0 aliphatic carbocycles. The third kappa shape index (κ3) is 4.67. The fourth-order valence-electron chi connectivity index (χ4n) is 2.38. The minimum atomic E-state index is -0.149. The average molecular weight is 349 g/mol. The van der Waals surface area contributed by atoms with Gasteiger partial charge in [0.25, 0.3) is 0 Å². The summed E-state index contributed by atoms with van der Waals surface area (Å²) in [5, 5.41) is 12.5. The van der Waals surface area contributed by atoms with Crippen LogP contribution in [0.4, 0.5) is 5.13 Å². The van der Waals surface area contributed by atoms with E-state index < -0.39 is 0 Å². The van der Waals surface area contributed by atoms with E-state index in [0.29, 0.717) is 22.5 Å². The summed E-state index contributed by atoms with van der Waals surface area (Å²) >= 11 is 1.43. The van der Waals surface area contributed by atoms with Gasteiger partial charge in [0.15, 0.2) is 0 Å². The van der Waals surface area contributed by atoms with Crippen molar-refractivity contribution in [3.63, 3.8) is 0 Å². The molecule has 7 heteroatoms. The highest BCUT2D eigenvalue weighted by Crippen LogP contribution is 2.27. The summed E-state index contributed by atoms with van der Waals surface area (Å²) in [6.07, 6.45) is 2.36. The summed E-state index contributed by atoms with van der Waals surface area (Å²) in [5.74, 6) is 1.53. The molecule has 0 spiro atoms. The molecule has 0 fully saturated rings. The minimum absolute atomic E-state index is 0.149. The Balaban J connectivity index is 2.01. The molecule has 1 aromatic carbocycles. The van der Waals surface area contributed by atoms with E-state index in [9.17, 15) is 4.79 Å². The van der Waals surface area contributed by atoms with Crippen LogP contribution in [0.5, 0.6) is 11.5 Å². The molecule has 0 bridgehead atoms. The molecule has 0 saturated carbocycles. The van der Waals surface area contributed by atoms with Gasteiger partial charge in [0.1, 0.15) is 16.5 Å². The maximum atomic E-state index is 12.3. The Morgan fingerprint density at radius 1 is 1.29 bits per heavy atom. The second-order valence-corrected chi connectivity index (χ2v) is 6.55. The molecule has 24 heavy (non-hydrogen) atoms. The standard InChI is InChI=1S/C17H23N3O3S/c1-5-6-11(2)16-19-20-17(24-16)18-15(21)9-12-7-8-13(22-3)10-14(12)23-4/h7-8,10-11H,5-6,9H2,1-4H3,(H,18,20,21)/t11-/m1/s1. The normalized spacial score (nSPS) is 11.8. The van der Waals surface area contributed by atoms with Crippen LogP contribution in [0.15, 0.2) is 18.2 Å². The summed E-state index contributed by atoms with van der Waals surface area (Å²) in [6.45, 7) is 4.26. The second kappa shape index (κ2) is 8.63. The lowest BCUT2D eigenvalue weighted by Crippen LogP contribution is -2.14. The lowest BCUT2D eigenvalue weighted by Gasteiger charge is -2.09. The van der Waals surface area contributed by atoms with Crippen LogP contribution in [0.25, 0.3) is 0 Å². The zero-order chi connectivity index (χ0) is 17.5. The number of nitrogens with one attached hydrogen (secondary N) is 1. The predicted molar refractivity (Wildman–Crippen MR) is 95.1 cm³/mol. The van der Waals surface area contributed by atoms with Crippen molar-refractivity contribution in [3.8, 4) is 11.5 Å². The zero-order valence-electron chi connectivity index (χ0n) is 14.5. The maximum Gasteiger partial charge on any atom is 0.230 e. The Bertz CT molecular complexity index is 687. The number of rotatable bonds is 8. The minimum Gasteiger partial charge on any atom is -0.497 e. The number of hydrogen-bond donors (Lipinski definition) is 1. The number of carbonyl (C=O) groups excluding carboxylic acids is 1. The lowest BCUT2D eigenvalue weighted by molar-refractivity contribution is -0.115. The van der Waals surface area contributed by atoms with Crippen LogP contribution in [0, 0.1) is 0 Å². The summed E-state index contributed by atoms with van der Waals surface area (Å²) < 4.78 is 10.5. The van der Waals surface area contributed by atoms with E-state index in [-0.39, 0.29) is 12.3 Å². The first-order valence-electron chi connectivity index (χ1n) is 7.91. The van der Waals surface area contributed by atoms with Gasteiger partial charge >= 0.3 is 0 Å². The number of ether oxygens (including phenoxy) is 2. The van der Waals surface area contributed by atoms with Crippen molar-refractivity contribution in [1.29, 1.82) is 0 Å². The summed E-state index contributed by atoms with van der Waals surface area (Å²) in [5.41, 5.74) is 0.792. The highest BCUT2D eigenvalue weighted by atomic mass is 32.1. The number of amides is 1. The van der Waals surface area contributed by atoms with Crippen molar-refractivity contribution in [1.82, 2.24) is 10.2 Å². The van der Waals surface area contributed by atoms with Crippen LogP contribution in [0.1, 0.15) is 43.2 Å². The monoisotopic (exact) mass is 349 g/mol. The number of aromatic nitrogens is 2. The molecule has 0 saturated heterocycles. The van der Waals surface area contributed by atoms with Gasteiger partial charge < -0.3 is 14.8 Å². The fraction of sp³-hybridized carbons (Fsp3) is 0.471. The van der Waals surface area contributed by atoms with Crippen molar-refractivity contribution >= 4 is 22.4 Å². The second-order valence-electron chi connectivity index (χ2n) is 5.54. The molecule has 0 aliphatic rings. The van der Waals surface area contributed by atoms with E-state index in [1.54, 1.807) is 26.4 Å². The van der Waals surface area contributed by atoms with E-state index >= 15 is 0 Å². The molecule has 1 heterocycles. The summed E-state index contributed by atoms with van der Waals surface area (Å²) in [6, 6.07) is 5.39. The molecule has 130 valence electrons. The quantitative estimate of drug-likeness (QED) is 0.787. The number of nitrogens with zero attached hydrogens (tertiary/aromatic N) is 2. The fourth-order valence-corrected chi connectivity index (χ4v) is 3.22. The molecule has 1 atom stereocenters. The third-order valence-electron chi connectivity index (χ3n) is 3.68. The average Bonchev–Trinajstić information content (AvgIpc) is 3.03. The van der Waals surface area contributed by atoms with E-state index in [1.165, 1.54) is 11.3 Å². The van der Waals surface area contributed by atoms with Gasteiger partial charge in [0.2, 0.25) is 11.0 Å². The Morgan fingerprint density at radius 2 is 2.08 bits per heavy atom. The summed E-state index contributed by atoms with van der Waals surface area (Å²) in [4.78, 5) is 12.3. The van der Waals surface area contributed by atoms with Crippen LogP contribution >= 0.6 is 11.3 Å². The number of hydrogen-bond acceptors (Lipinski definition) is 6. The molecule has 1 amide bonds. The Morgan fingerprint density at radius 3 is 2.75 bits per heavy atom. The molecule has 0 radical (unpaired) electrons. The first kappa shape index (κ1) is 18.2. The number of anilines is 1. The van der Waals surface area contributed by atoms with Gasteiger partial charge in [0, 0.05) is 17.5 Å². The molecule has 6 nitrogen and oxygen atoms in total. The first-order chi connectivity index (χ1) is 11.6. The Labute approximate surface area is 146 Å². The van der Waals surface area contributed by atoms with Crippen molar-refractivity contribution in [3.05, 3.63) is 28.8 Å². The van der Waals surface area contributed by atoms with Crippen molar-refractivity contribution in [2.24, 2.45) is 0 Å². The number of benzene rings is 1. The zero-order valence-corrected chi connectivity index (χ0v) is 15.3. The molecule has 0 aliphatic heterocycles. The van der Waals surface area contributed by atoms with Crippen LogP contribution < -0.4 is 14.8 Å². The van der Waals surface area contributed by atoms with Crippen LogP contribution in [0.2, 0.25) is 0 Å². The van der Waals surface area contributed by atoms with Gasteiger partial charge in [-0.3, -0.25) is 4.79 Å². The van der Waals surface area contributed by atoms with Crippen molar-refractivity contribution < 1.29 is 14.3 Å². The largest absolute Gasteiger partial charge is 0.497 e. The Hall–Kier alpha value is -2.15. The van der Waals surface area contributed by atoms with Gasteiger partial charge in [0.05, 0.1) is 20.6 Å². The van der Waals surface area contributed by atoms with Gasteiger partial charge in [-0.1, -0.05) is 37.7 Å². The maximum absolute atomic E-state index is 12.3. The molecular weight excluding hydrogens is 326 g/mol. The SMILES string of the molecule is CCC[C@@H](C)c1nnc(NC(=O)Cc2ccc(OC)cc2OC)s1. The van der Waals surface area contributed by atoms with Gasteiger partial charge in [-0.25, -0.2) is 0 Å². The van der Waals surface area contributed by atoms with E-state index in [2.05, 4.69) is 29.4 Å². The molecule has 2 aromatic rings. The number of methoxy groups -OCH3 is 2. The van der Waals surface area contributed by atoms with E-state index in [0.717, 1.165) is 23.4 Å². The highest BCUT2D eigenvalue weighted by Gasteiger charge is 2.15. The predicted octanol–water partition coefficient (Wildman–Crippen LogP) is 3.64. The topological polar surface area (TPSA) is 73.3 Å². The summed E-state index contributed by atoms with van der Waals surface area (Å²) in [7, 11) is 3.16. The van der Waals surface area contributed by atoms with Crippen LogP contribution in [-0.4, -0.2) is 30.3 Å².